The minimum absolute atomic E-state index is 0.0884. The summed E-state index contributed by atoms with van der Waals surface area (Å²) in [6, 6.07) is 7.34. The molecule has 0 aliphatic heterocycles. The van der Waals surface area contributed by atoms with Crippen LogP contribution >= 0.6 is 27.7 Å². The lowest BCUT2D eigenvalue weighted by Crippen LogP contribution is -2.03. The minimum atomic E-state index is 0.0884. The third kappa shape index (κ3) is 3.17. The van der Waals surface area contributed by atoms with Gasteiger partial charge in [0, 0.05) is 17.1 Å². The van der Waals surface area contributed by atoms with Gasteiger partial charge in [0.25, 0.3) is 0 Å². The van der Waals surface area contributed by atoms with Gasteiger partial charge in [-0.05, 0) is 12.1 Å². The highest BCUT2D eigenvalue weighted by molar-refractivity contribution is 9.10. The van der Waals surface area contributed by atoms with Gasteiger partial charge in [-0.25, -0.2) is 9.67 Å². The van der Waals surface area contributed by atoms with Gasteiger partial charge in [0.1, 0.15) is 6.33 Å². The van der Waals surface area contributed by atoms with Crippen molar-refractivity contribution in [2.24, 2.45) is 7.05 Å². The first-order valence-electron chi connectivity index (χ1n) is 4.92. The van der Waals surface area contributed by atoms with Gasteiger partial charge in [0.05, 0.1) is 5.75 Å². The lowest BCUT2D eigenvalue weighted by molar-refractivity contribution is 0.102. The highest BCUT2D eigenvalue weighted by atomic mass is 79.9. The van der Waals surface area contributed by atoms with Crippen molar-refractivity contribution in [1.82, 2.24) is 14.8 Å². The molecule has 1 heterocycles. The van der Waals surface area contributed by atoms with E-state index in [0.717, 1.165) is 9.63 Å². The van der Waals surface area contributed by atoms with Crippen molar-refractivity contribution in [2.45, 2.75) is 5.16 Å². The van der Waals surface area contributed by atoms with E-state index in [0.29, 0.717) is 11.3 Å². The van der Waals surface area contributed by atoms with Gasteiger partial charge in [0.2, 0.25) is 0 Å². The van der Waals surface area contributed by atoms with E-state index in [-0.39, 0.29) is 5.78 Å². The highest BCUT2D eigenvalue weighted by Gasteiger charge is 2.08. The highest BCUT2D eigenvalue weighted by Crippen LogP contribution is 2.17. The molecule has 0 amide bonds. The average Bonchev–Trinajstić information content (AvgIpc) is 2.73. The van der Waals surface area contributed by atoms with Crippen LogP contribution in [0, 0.1) is 0 Å². The van der Waals surface area contributed by atoms with E-state index in [4.69, 9.17) is 0 Å². The fourth-order valence-electron chi connectivity index (χ4n) is 1.27. The summed E-state index contributed by atoms with van der Waals surface area (Å²) in [5.74, 6) is 0.458. The van der Waals surface area contributed by atoms with Crippen LogP contribution in [0.3, 0.4) is 0 Å². The SMILES string of the molecule is Cn1ncnc1SCC(=O)c1ccc(Br)cc1. The zero-order valence-electron chi connectivity index (χ0n) is 9.13. The monoisotopic (exact) mass is 311 g/mol. The standard InChI is InChI=1S/C11H10BrN3OS/c1-15-11(13-7-14-15)17-6-10(16)8-2-4-9(12)5-3-8/h2-5,7H,6H2,1H3. The normalized spacial score (nSPS) is 10.5. The molecule has 0 atom stereocenters. The fourth-order valence-corrected chi connectivity index (χ4v) is 2.31. The Kier molecular flexibility index (Phi) is 3.96. The Labute approximate surface area is 112 Å². The number of aromatic nitrogens is 3. The van der Waals surface area contributed by atoms with Crippen LogP contribution in [0.5, 0.6) is 0 Å². The molecule has 1 aromatic carbocycles. The van der Waals surface area contributed by atoms with Crippen LogP contribution in [0.2, 0.25) is 0 Å². The summed E-state index contributed by atoms with van der Waals surface area (Å²) in [5.41, 5.74) is 0.711. The molecule has 0 aliphatic carbocycles. The van der Waals surface area contributed by atoms with Crippen molar-refractivity contribution in [3.63, 3.8) is 0 Å². The number of halogens is 1. The maximum atomic E-state index is 11.9. The number of hydrogen-bond acceptors (Lipinski definition) is 4. The number of hydrogen-bond donors (Lipinski definition) is 0. The molecule has 0 spiro atoms. The van der Waals surface area contributed by atoms with E-state index in [2.05, 4.69) is 26.0 Å². The number of ketones is 1. The van der Waals surface area contributed by atoms with Crippen molar-refractivity contribution in [3.05, 3.63) is 40.6 Å². The van der Waals surface area contributed by atoms with Gasteiger partial charge < -0.3 is 0 Å². The van der Waals surface area contributed by atoms with E-state index in [1.165, 1.54) is 18.1 Å². The van der Waals surface area contributed by atoms with E-state index in [1.54, 1.807) is 11.7 Å². The molecule has 2 aromatic rings. The van der Waals surface area contributed by atoms with Crippen LogP contribution in [0.25, 0.3) is 0 Å². The van der Waals surface area contributed by atoms with Crippen molar-refractivity contribution in [2.75, 3.05) is 5.75 Å². The average molecular weight is 312 g/mol. The van der Waals surface area contributed by atoms with Crippen molar-refractivity contribution in [3.8, 4) is 0 Å². The maximum absolute atomic E-state index is 11.9. The Bertz CT molecular complexity index is 524. The van der Waals surface area contributed by atoms with Crippen LogP contribution < -0.4 is 0 Å². The second-order valence-corrected chi connectivity index (χ2v) is 5.24. The molecule has 2 rings (SSSR count). The molecule has 0 fully saturated rings. The molecule has 0 radical (unpaired) electrons. The van der Waals surface area contributed by atoms with Crippen molar-refractivity contribution >= 4 is 33.5 Å². The molecule has 17 heavy (non-hydrogen) atoms. The van der Waals surface area contributed by atoms with Crippen molar-refractivity contribution in [1.29, 1.82) is 0 Å². The van der Waals surface area contributed by atoms with E-state index < -0.39 is 0 Å². The Morgan fingerprint density at radius 2 is 2.12 bits per heavy atom. The number of Topliss-reactive ketones (excluding diaryl/α,β-unsaturated/α-hetero) is 1. The van der Waals surface area contributed by atoms with Crippen LogP contribution in [0.1, 0.15) is 10.4 Å². The number of carbonyl (C=O) groups is 1. The summed E-state index contributed by atoms with van der Waals surface area (Å²) in [4.78, 5) is 15.9. The fraction of sp³-hybridized carbons (Fsp3) is 0.182. The first kappa shape index (κ1) is 12.3. The summed E-state index contributed by atoms with van der Waals surface area (Å²) >= 11 is 4.73. The Morgan fingerprint density at radius 1 is 1.41 bits per heavy atom. The second-order valence-electron chi connectivity index (χ2n) is 3.38. The largest absolute Gasteiger partial charge is 0.293 e. The van der Waals surface area contributed by atoms with Gasteiger partial charge >= 0.3 is 0 Å². The molecular formula is C11H10BrN3OS. The summed E-state index contributed by atoms with van der Waals surface area (Å²) in [7, 11) is 1.80. The number of carbonyl (C=O) groups excluding carboxylic acids is 1. The van der Waals surface area contributed by atoms with Crippen LogP contribution in [-0.4, -0.2) is 26.3 Å². The van der Waals surface area contributed by atoms with E-state index in [1.807, 2.05) is 24.3 Å². The molecular weight excluding hydrogens is 302 g/mol. The Morgan fingerprint density at radius 3 is 2.71 bits per heavy atom. The van der Waals surface area contributed by atoms with Crippen LogP contribution in [-0.2, 0) is 7.05 Å². The zero-order valence-corrected chi connectivity index (χ0v) is 11.5. The minimum Gasteiger partial charge on any atom is -0.293 e. The number of nitrogens with zero attached hydrogens (tertiary/aromatic N) is 3. The Hall–Kier alpha value is -1.14. The van der Waals surface area contributed by atoms with Gasteiger partial charge in [-0.1, -0.05) is 39.8 Å². The lowest BCUT2D eigenvalue weighted by atomic mass is 10.2. The summed E-state index contributed by atoms with van der Waals surface area (Å²) in [6.45, 7) is 0. The lowest BCUT2D eigenvalue weighted by Gasteiger charge is -2.01. The second kappa shape index (κ2) is 5.46. The number of aryl methyl sites for hydroxylation is 1. The first-order chi connectivity index (χ1) is 8.16. The molecule has 6 heteroatoms. The smallest absolute Gasteiger partial charge is 0.186 e. The molecule has 1 aromatic heterocycles. The number of benzene rings is 1. The molecule has 88 valence electrons. The van der Waals surface area contributed by atoms with Gasteiger partial charge in [-0.3, -0.25) is 4.79 Å². The van der Waals surface area contributed by atoms with Crippen LogP contribution in [0.15, 0.2) is 40.2 Å². The third-order valence-electron chi connectivity index (χ3n) is 2.17. The quantitative estimate of drug-likeness (QED) is 0.643. The summed E-state index contributed by atoms with van der Waals surface area (Å²) in [6.07, 6.45) is 1.48. The van der Waals surface area contributed by atoms with E-state index in [9.17, 15) is 4.79 Å². The molecule has 0 unspecified atom stereocenters. The van der Waals surface area contributed by atoms with E-state index >= 15 is 0 Å². The maximum Gasteiger partial charge on any atom is 0.186 e. The van der Waals surface area contributed by atoms with Gasteiger partial charge in [-0.15, -0.1) is 0 Å². The zero-order chi connectivity index (χ0) is 12.3. The van der Waals surface area contributed by atoms with Crippen molar-refractivity contribution < 1.29 is 4.79 Å². The summed E-state index contributed by atoms with van der Waals surface area (Å²) < 4.78 is 2.62. The predicted molar refractivity (Wildman–Crippen MR) is 70.2 cm³/mol. The molecule has 0 saturated heterocycles. The number of rotatable bonds is 4. The van der Waals surface area contributed by atoms with Gasteiger partial charge in [0.15, 0.2) is 10.9 Å². The van der Waals surface area contributed by atoms with Crippen LogP contribution in [0.4, 0.5) is 0 Å². The Balaban J connectivity index is 1.98. The molecule has 0 saturated carbocycles. The molecule has 0 bridgehead atoms. The number of thioether (sulfide) groups is 1. The molecule has 0 N–H and O–H groups in total. The van der Waals surface area contributed by atoms with Gasteiger partial charge in [-0.2, -0.15) is 5.10 Å². The topological polar surface area (TPSA) is 47.8 Å². The predicted octanol–water partition coefficient (Wildman–Crippen LogP) is 2.55. The third-order valence-corrected chi connectivity index (χ3v) is 3.73. The molecule has 4 nitrogen and oxygen atoms in total. The molecule has 0 aliphatic rings. The first-order valence-corrected chi connectivity index (χ1v) is 6.70. The summed E-state index contributed by atoms with van der Waals surface area (Å²) in [5, 5.41) is 4.69.